The van der Waals surface area contributed by atoms with E-state index in [4.69, 9.17) is 0 Å². The first-order valence-corrected chi connectivity index (χ1v) is 6.42. The van der Waals surface area contributed by atoms with Crippen molar-refractivity contribution in [3.05, 3.63) is 76.4 Å². The number of Topliss-reactive ketones (excluding diaryl/α,β-unsaturated/α-hetero) is 1. The monoisotopic (exact) mass is 250 g/mol. The van der Waals surface area contributed by atoms with Crippen molar-refractivity contribution in [1.29, 1.82) is 0 Å². The molecule has 0 heterocycles. The Hall–Kier alpha value is -2.15. The number of benzene rings is 2. The van der Waals surface area contributed by atoms with Crippen LogP contribution in [0.3, 0.4) is 0 Å². The smallest absolute Gasteiger partial charge is 0.188 e. The average molecular weight is 250 g/mol. The van der Waals surface area contributed by atoms with Crippen molar-refractivity contribution in [2.24, 2.45) is 0 Å². The van der Waals surface area contributed by atoms with Crippen LogP contribution in [0.15, 0.2) is 54.1 Å². The van der Waals surface area contributed by atoms with Gasteiger partial charge in [0.15, 0.2) is 5.78 Å². The van der Waals surface area contributed by atoms with E-state index in [1.54, 1.807) is 0 Å². The van der Waals surface area contributed by atoms with Crippen LogP contribution in [0.2, 0.25) is 0 Å². The Labute approximate surface area is 114 Å². The first kappa shape index (κ1) is 13.3. The van der Waals surface area contributed by atoms with Crippen LogP contribution >= 0.6 is 0 Å². The summed E-state index contributed by atoms with van der Waals surface area (Å²) >= 11 is 0. The highest BCUT2D eigenvalue weighted by Crippen LogP contribution is 2.14. The highest BCUT2D eigenvalue weighted by molar-refractivity contribution is 6.10. The number of hydrogen-bond acceptors (Lipinski definition) is 1. The zero-order valence-corrected chi connectivity index (χ0v) is 11.6. The van der Waals surface area contributed by atoms with Gasteiger partial charge in [-0.25, -0.2) is 0 Å². The molecule has 1 nitrogen and oxygen atoms in total. The molecule has 2 aromatic rings. The molecule has 0 unspecified atom stereocenters. The van der Waals surface area contributed by atoms with Crippen LogP contribution in [0.4, 0.5) is 0 Å². The fraction of sp³-hybridized carbons (Fsp3) is 0.167. The Morgan fingerprint density at radius 3 is 1.84 bits per heavy atom. The van der Waals surface area contributed by atoms with E-state index in [1.807, 2.05) is 56.3 Å². The molecule has 0 saturated carbocycles. The third kappa shape index (κ3) is 3.41. The molecule has 2 rings (SSSR count). The summed E-state index contributed by atoms with van der Waals surface area (Å²) in [5, 5.41) is 0. The molecule has 0 amide bonds. The lowest BCUT2D eigenvalue weighted by Gasteiger charge is -2.03. The van der Waals surface area contributed by atoms with E-state index in [2.05, 4.69) is 19.1 Å². The standard InChI is InChI=1S/C18H18O/c1-13-4-8-16(9-5-13)12-15(3)18(19)17-10-6-14(2)7-11-17/h4-12H,1-3H3/b15-12+. The maximum atomic E-state index is 12.3. The molecule has 0 N–H and O–H groups in total. The van der Waals surface area contributed by atoms with Crippen LogP contribution in [-0.4, -0.2) is 5.78 Å². The quantitative estimate of drug-likeness (QED) is 0.575. The molecule has 0 fully saturated rings. The molecule has 2 aromatic carbocycles. The van der Waals surface area contributed by atoms with Gasteiger partial charge in [0.25, 0.3) is 0 Å². The van der Waals surface area contributed by atoms with Gasteiger partial charge in [0.2, 0.25) is 0 Å². The highest BCUT2D eigenvalue weighted by atomic mass is 16.1. The van der Waals surface area contributed by atoms with Gasteiger partial charge in [-0.05, 0) is 38.0 Å². The Balaban J connectivity index is 2.23. The van der Waals surface area contributed by atoms with E-state index in [-0.39, 0.29) is 5.78 Å². The second-order valence-corrected chi connectivity index (χ2v) is 4.93. The van der Waals surface area contributed by atoms with Crippen LogP contribution in [0, 0.1) is 13.8 Å². The van der Waals surface area contributed by atoms with Crippen molar-refractivity contribution in [2.75, 3.05) is 0 Å². The number of rotatable bonds is 3. The number of allylic oxidation sites excluding steroid dienone is 1. The third-order valence-electron chi connectivity index (χ3n) is 3.13. The molecule has 1 heteroatoms. The summed E-state index contributed by atoms with van der Waals surface area (Å²) in [6.07, 6.45) is 1.93. The molecule has 0 saturated heterocycles. The van der Waals surface area contributed by atoms with Crippen LogP contribution < -0.4 is 0 Å². The molecular weight excluding hydrogens is 232 g/mol. The maximum absolute atomic E-state index is 12.3. The second kappa shape index (κ2) is 5.66. The molecule has 19 heavy (non-hydrogen) atoms. The van der Waals surface area contributed by atoms with Gasteiger partial charge in [-0.3, -0.25) is 4.79 Å². The fourth-order valence-corrected chi connectivity index (χ4v) is 1.91. The Bertz CT molecular complexity index is 601. The lowest BCUT2D eigenvalue weighted by Crippen LogP contribution is -2.00. The molecular formula is C18H18O. The van der Waals surface area contributed by atoms with Gasteiger partial charge in [0.05, 0.1) is 0 Å². The molecule has 0 aromatic heterocycles. The second-order valence-electron chi connectivity index (χ2n) is 4.93. The van der Waals surface area contributed by atoms with Crippen molar-refractivity contribution in [2.45, 2.75) is 20.8 Å². The molecule has 0 aliphatic carbocycles. The van der Waals surface area contributed by atoms with Gasteiger partial charge in [-0.15, -0.1) is 0 Å². The average Bonchev–Trinajstić information content (AvgIpc) is 2.41. The van der Waals surface area contributed by atoms with E-state index in [0.29, 0.717) is 0 Å². The largest absolute Gasteiger partial charge is 0.289 e. The number of ketones is 1. The first-order chi connectivity index (χ1) is 9.06. The van der Waals surface area contributed by atoms with E-state index < -0.39 is 0 Å². The fourth-order valence-electron chi connectivity index (χ4n) is 1.91. The third-order valence-corrected chi connectivity index (χ3v) is 3.13. The zero-order chi connectivity index (χ0) is 13.8. The Morgan fingerprint density at radius 1 is 0.842 bits per heavy atom. The van der Waals surface area contributed by atoms with Gasteiger partial charge < -0.3 is 0 Å². The minimum Gasteiger partial charge on any atom is -0.289 e. The summed E-state index contributed by atoms with van der Waals surface area (Å²) in [5.41, 5.74) is 4.94. The summed E-state index contributed by atoms with van der Waals surface area (Å²) < 4.78 is 0. The number of hydrogen-bond donors (Lipinski definition) is 0. The van der Waals surface area contributed by atoms with E-state index in [0.717, 1.165) is 22.3 Å². The van der Waals surface area contributed by atoms with Crippen LogP contribution in [0.5, 0.6) is 0 Å². The molecule has 96 valence electrons. The van der Waals surface area contributed by atoms with E-state index >= 15 is 0 Å². The summed E-state index contributed by atoms with van der Waals surface area (Å²) in [4.78, 5) is 12.3. The van der Waals surface area contributed by atoms with Gasteiger partial charge in [0.1, 0.15) is 0 Å². The van der Waals surface area contributed by atoms with Gasteiger partial charge in [0, 0.05) is 5.56 Å². The molecule has 0 bridgehead atoms. The van der Waals surface area contributed by atoms with Crippen molar-refractivity contribution >= 4 is 11.9 Å². The molecule has 0 atom stereocenters. The van der Waals surface area contributed by atoms with E-state index in [1.165, 1.54) is 5.56 Å². The Kier molecular flexibility index (Phi) is 3.96. The lowest BCUT2D eigenvalue weighted by atomic mass is 10.0. The predicted molar refractivity (Wildman–Crippen MR) is 80.3 cm³/mol. The van der Waals surface area contributed by atoms with Crippen molar-refractivity contribution in [1.82, 2.24) is 0 Å². The minimum atomic E-state index is 0.0839. The lowest BCUT2D eigenvalue weighted by molar-refractivity contribution is 0.103. The van der Waals surface area contributed by atoms with Gasteiger partial charge in [-0.2, -0.15) is 0 Å². The van der Waals surface area contributed by atoms with Crippen molar-refractivity contribution < 1.29 is 4.79 Å². The van der Waals surface area contributed by atoms with Crippen LogP contribution in [-0.2, 0) is 0 Å². The highest BCUT2D eigenvalue weighted by Gasteiger charge is 2.07. The summed E-state index contributed by atoms with van der Waals surface area (Å²) in [5.74, 6) is 0.0839. The summed E-state index contributed by atoms with van der Waals surface area (Å²) in [6.45, 7) is 5.93. The first-order valence-electron chi connectivity index (χ1n) is 6.42. The molecule has 0 aliphatic rings. The van der Waals surface area contributed by atoms with Gasteiger partial charge >= 0.3 is 0 Å². The summed E-state index contributed by atoms with van der Waals surface area (Å²) in [7, 11) is 0. The molecule has 0 spiro atoms. The maximum Gasteiger partial charge on any atom is 0.188 e. The summed E-state index contributed by atoms with van der Waals surface area (Å²) in [6, 6.07) is 15.8. The van der Waals surface area contributed by atoms with Crippen molar-refractivity contribution in [3.63, 3.8) is 0 Å². The topological polar surface area (TPSA) is 17.1 Å². The molecule has 0 aliphatic heterocycles. The Morgan fingerprint density at radius 2 is 1.32 bits per heavy atom. The number of carbonyl (C=O) groups excluding carboxylic acids is 1. The zero-order valence-electron chi connectivity index (χ0n) is 11.6. The normalized spacial score (nSPS) is 11.4. The number of aryl methyl sites for hydroxylation is 2. The SMILES string of the molecule is C/C(=C\c1ccc(C)cc1)C(=O)c1ccc(C)cc1. The predicted octanol–water partition coefficient (Wildman–Crippen LogP) is 4.59. The van der Waals surface area contributed by atoms with Crippen LogP contribution in [0.1, 0.15) is 34.0 Å². The van der Waals surface area contributed by atoms with Gasteiger partial charge in [-0.1, -0.05) is 59.7 Å². The van der Waals surface area contributed by atoms with Crippen LogP contribution in [0.25, 0.3) is 6.08 Å². The minimum absolute atomic E-state index is 0.0839. The number of carbonyl (C=O) groups is 1. The van der Waals surface area contributed by atoms with E-state index in [9.17, 15) is 4.79 Å². The molecule has 0 radical (unpaired) electrons. The van der Waals surface area contributed by atoms with Crippen molar-refractivity contribution in [3.8, 4) is 0 Å².